The molecule has 0 aromatic heterocycles. The highest BCUT2D eigenvalue weighted by molar-refractivity contribution is 9.09. The first-order valence-electron chi connectivity index (χ1n) is 10.6. The molecule has 8 nitrogen and oxygen atoms in total. The highest BCUT2D eigenvalue weighted by Gasteiger charge is 2.61. The van der Waals surface area contributed by atoms with Gasteiger partial charge in [0.1, 0.15) is 17.2 Å². The zero-order chi connectivity index (χ0) is 24.6. The van der Waals surface area contributed by atoms with Crippen LogP contribution in [-0.4, -0.2) is 64.7 Å². The standard InChI is InChI=1S/C22H29BrN2O6SSi/c1-22(2,3)33(4,5)31-21(28)18-14(11-23)13-32(29)20-17(19(27)25(18)20)24-16(26)12-30-15-9-7-6-8-10-15/h6-10,17,20H,11-13H2,1-5H3,(H,24,26)/t17?,20-,32?/m0/s1. The van der Waals surface area contributed by atoms with E-state index in [1.807, 2.05) is 39.9 Å². The molecule has 0 bridgehead atoms. The monoisotopic (exact) mass is 556 g/mol. The number of alkyl halides is 1. The SMILES string of the molecule is CC(C)(C)[Si](C)(C)OC(=O)C1=C(CBr)C[S+]([O-])[C@H]2C(NC(=O)COc3ccccc3)C(=O)N12. The highest BCUT2D eigenvalue weighted by Crippen LogP contribution is 2.41. The lowest BCUT2D eigenvalue weighted by molar-refractivity contribution is -0.150. The van der Waals surface area contributed by atoms with E-state index in [9.17, 15) is 18.9 Å². The molecule has 0 saturated carbocycles. The van der Waals surface area contributed by atoms with Crippen LogP contribution in [0, 0.1) is 0 Å². The van der Waals surface area contributed by atoms with Gasteiger partial charge in [-0.3, -0.25) is 14.5 Å². The Kier molecular flexibility index (Phi) is 7.67. The largest absolute Gasteiger partial charge is 0.614 e. The lowest BCUT2D eigenvalue weighted by Gasteiger charge is -2.49. The van der Waals surface area contributed by atoms with Crippen molar-refractivity contribution in [3.8, 4) is 5.75 Å². The second kappa shape index (κ2) is 9.81. The maximum Gasteiger partial charge on any atom is 0.342 e. The molecule has 180 valence electrons. The Morgan fingerprint density at radius 2 is 1.91 bits per heavy atom. The average Bonchev–Trinajstić information content (AvgIpc) is 2.74. The molecule has 1 aromatic carbocycles. The molecule has 11 heteroatoms. The first-order chi connectivity index (χ1) is 15.4. The van der Waals surface area contributed by atoms with Crippen molar-refractivity contribution in [1.29, 1.82) is 0 Å². The molecule has 0 aliphatic carbocycles. The minimum Gasteiger partial charge on any atom is -0.614 e. The van der Waals surface area contributed by atoms with Gasteiger partial charge in [0.25, 0.3) is 20.1 Å². The van der Waals surface area contributed by atoms with Crippen LogP contribution >= 0.6 is 15.9 Å². The summed E-state index contributed by atoms with van der Waals surface area (Å²) < 4.78 is 24.2. The normalized spacial score (nSPS) is 22.9. The second-order valence-electron chi connectivity index (χ2n) is 9.51. The number of carbonyl (C=O) groups excluding carboxylic acids is 3. The number of ether oxygens (including phenoxy) is 1. The van der Waals surface area contributed by atoms with Crippen LogP contribution < -0.4 is 10.1 Å². The quantitative estimate of drug-likeness (QED) is 0.239. The van der Waals surface area contributed by atoms with Crippen molar-refractivity contribution in [2.45, 2.75) is 50.3 Å². The van der Waals surface area contributed by atoms with Crippen molar-refractivity contribution in [1.82, 2.24) is 10.2 Å². The minimum atomic E-state index is -2.45. The Labute approximate surface area is 206 Å². The Bertz CT molecular complexity index is 965. The number of amides is 2. The summed E-state index contributed by atoms with van der Waals surface area (Å²) in [7, 11) is -2.45. The fourth-order valence-electron chi connectivity index (χ4n) is 3.26. The predicted molar refractivity (Wildman–Crippen MR) is 132 cm³/mol. The van der Waals surface area contributed by atoms with Gasteiger partial charge in [0.2, 0.25) is 5.37 Å². The van der Waals surface area contributed by atoms with E-state index in [0.717, 1.165) is 0 Å². The smallest absolute Gasteiger partial charge is 0.342 e. The summed E-state index contributed by atoms with van der Waals surface area (Å²) in [6, 6.07) is 7.84. The molecule has 1 N–H and O–H groups in total. The van der Waals surface area contributed by atoms with Gasteiger partial charge >= 0.3 is 5.97 Å². The van der Waals surface area contributed by atoms with E-state index in [0.29, 0.717) is 16.7 Å². The number of para-hydroxylation sites is 1. The van der Waals surface area contributed by atoms with Crippen LogP contribution in [0.2, 0.25) is 18.1 Å². The molecule has 1 fully saturated rings. The fraction of sp³-hybridized carbons (Fsp3) is 0.500. The van der Waals surface area contributed by atoms with E-state index >= 15 is 0 Å². The lowest BCUT2D eigenvalue weighted by Crippen LogP contribution is -2.75. The fourth-order valence-corrected chi connectivity index (χ4v) is 6.54. The van der Waals surface area contributed by atoms with Crippen LogP contribution in [0.1, 0.15) is 20.8 Å². The van der Waals surface area contributed by atoms with Crippen LogP contribution in [0.5, 0.6) is 5.75 Å². The van der Waals surface area contributed by atoms with Gasteiger partial charge in [0.15, 0.2) is 12.6 Å². The van der Waals surface area contributed by atoms with Gasteiger partial charge < -0.3 is 19.0 Å². The third-order valence-electron chi connectivity index (χ3n) is 6.14. The van der Waals surface area contributed by atoms with Crippen LogP contribution in [-0.2, 0) is 30.0 Å². The number of nitrogens with zero attached hydrogens (tertiary/aromatic N) is 1. The van der Waals surface area contributed by atoms with Gasteiger partial charge in [0, 0.05) is 10.9 Å². The molecule has 1 saturated heterocycles. The number of rotatable bonds is 7. The van der Waals surface area contributed by atoms with Crippen molar-refractivity contribution in [3.05, 3.63) is 41.6 Å². The van der Waals surface area contributed by atoms with E-state index in [1.165, 1.54) is 4.90 Å². The van der Waals surface area contributed by atoms with Gasteiger partial charge in [0.05, 0.1) is 0 Å². The summed E-state index contributed by atoms with van der Waals surface area (Å²) in [4.78, 5) is 39.8. The van der Waals surface area contributed by atoms with Gasteiger partial charge in [-0.2, -0.15) is 0 Å². The van der Waals surface area contributed by atoms with Crippen molar-refractivity contribution in [2.75, 3.05) is 17.7 Å². The molecule has 2 aliphatic rings. The van der Waals surface area contributed by atoms with Crippen molar-refractivity contribution in [3.63, 3.8) is 0 Å². The van der Waals surface area contributed by atoms with Crippen molar-refractivity contribution >= 4 is 53.2 Å². The zero-order valence-electron chi connectivity index (χ0n) is 19.3. The van der Waals surface area contributed by atoms with Gasteiger partial charge in [-0.1, -0.05) is 54.9 Å². The summed E-state index contributed by atoms with van der Waals surface area (Å²) in [6.45, 7) is 9.67. The number of benzene rings is 1. The molecule has 2 heterocycles. The first-order valence-corrected chi connectivity index (χ1v) is 16.0. The predicted octanol–water partition coefficient (Wildman–Crippen LogP) is 2.68. The number of carbonyl (C=O) groups is 3. The third-order valence-corrected chi connectivity index (χ3v) is 12.8. The number of halogens is 1. The molecule has 3 atom stereocenters. The molecule has 0 radical (unpaired) electrons. The minimum absolute atomic E-state index is 0.120. The molecule has 3 rings (SSSR count). The molecule has 1 aromatic rings. The van der Waals surface area contributed by atoms with Crippen LogP contribution in [0.4, 0.5) is 0 Å². The van der Waals surface area contributed by atoms with Crippen molar-refractivity contribution < 1.29 is 28.1 Å². The van der Waals surface area contributed by atoms with Gasteiger partial charge in [-0.25, -0.2) is 4.79 Å². The number of hydrogen-bond donors (Lipinski definition) is 1. The van der Waals surface area contributed by atoms with E-state index in [1.54, 1.807) is 24.3 Å². The molecule has 0 spiro atoms. The summed E-state index contributed by atoms with van der Waals surface area (Å²) >= 11 is 1.87. The molecule has 2 aliphatic heterocycles. The van der Waals surface area contributed by atoms with Gasteiger partial charge in [-0.05, 0) is 41.4 Å². The number of fused-ring (bicyclic) bond motifs is 1. The van der Waals surface area contributed by atoms with Crippen LogP contribution in [0.3, 0.4) is 0 Å². The van der Waals surface area contributed by atoms with E-state index < -0.39 is 48.7 Å². The average molecular weight is 558 g/mol. The molecule has 33 heavy (non-hydrogen) atoms. The Morgan fingerprint density at radius 3 is 2.48 bits per heavy atom. The summed E-state index contributed by atoms with van der Waals surface area (Å²) in [5, 5.41) is 1.87. The van der Waals surface area contributed by atoms with Crippen LogP contribution in [0.15, 0.2) is 41.6 Å². The third kappa shape index (κ3) is 5.31. The maximum atomic E-state index is 13.2. The zero-order valence-corrected chi connectivity index (χ0v) is 22.7. The summed E-state index contributed by atoms with van der Waals surface area (Å²) in [6.07, 6.45) is 0. The maximum absolute atomic E-state index is 13.2. The number of hydrogen-bond acceptors (Lipinski definition) is 6. The number of β-lactam (4-membered cyclic amide) rings is 1. The second-order valence-corrected chi connectivity index (χ2v) is 16.3. The Hall–Kier alpha value is -1.82. The Morgan fingerprint density at radius 1 is 1.27 bits per heavy atom. The molecule has 2 unspecified atom stereocenters. The summed E-state index contributed by atoms with van der Waals surface area (Å²) in [5.41, 5.74) is 0.691. The number of nitrogens with one attached hydrogen (secondary N) is 1. The van der Waals surface area contributed by atoms with E-state index in [2.05, 4.69) is 21.2 Å². The van der Waals surface area contributed by atoms with Crippen LogP contribution in [0.25, 0.3) is 0 Å². The first kappa shape index (κ1) is 25.8. The summed E-state index contributed by atoms with van der Waals surface area (Å²) in [5.74, 6) is -0.926. The highest BCUT2D eigenvalue weighted by atomic mass is 79.9. The van der Waals surface area contributed by atoms with E-state index in [-0.39, 0.29) is 23.1 Å². The molecular formula is C22H29BrN2O6SSi. The van der Waals surface area contributed by atoms with Gasteiger partial charge in [-0.15, -0.1) is 0 Å². The Balaban J connectivity index is 1.73. The topological polar surface area (TPSA) is 108 Å². The lowest BCUT2D eigenvalue weighted by atomic mass is 10.0. The molecule has 2 amide bonds. The van der Waals surface area contributed by atoms with E-state index in [4.69, 9.17) is 9.16 Å². The molecular weight excluding hydrogens is 528 g/mol. The van der Waals surface area contributed by atoms with Crippen molar-refractivity contribution in [2.24, 2.45) is 0 Å².